The third kappa shape index (κ3) is 8.41. The van der Waals surface area contributed by atoms with Crippen molar-refractivity contribution in [2.45, 2.75) is 80.1 Å². The van der Waals surface area contributed by atoms with E-state index in [4.69, 9.17) is 19.9 Å². The number of fused-ring (bicyclic) bond motifs is 6. The smallest absolute Gasteiger partial charge is 0.133 e. The molecule has 5 aromatic rings. The van der Waals surface area contributed by atoms with Crippen LogP contribution >= 0.6 is 0 Å². The van der Waals surface area contributed by atoms with Crippen molar-refractivity contribution < 1.29 is 43.8 Å². The summed E-state index contributed by atoms with van der Waals surface area (Å²) in [5.74, 6) is 0.193. The fourth-order valence-electron chi connectivity index (χ4n) is 5.16. The number of aryl methyl sites for hydroxylation is 4. The van der Waals surface area contributed by atoms with Crippen LogP contribution in [0.15, 0.2) is 73.3 Å². The SMILES string of the molecule is Cc1cc2ncc3cc(C(C)(C)C)cc(cnc4cc(C)c(C)cc4ncc4cc(C(C)(C)C)cc(cnc2cc1C)c4O)c3O.[Co].[Co]. The third-order valence-electron chi connectivity index (χ3n) is 8.62. The molecule has 0 spiro atoms. The van der Waals surface area contributed by atoms with Gasteiger partial charge in [0.1, 0.15) is 11.5 Å². The normalized spacial score (nSPS) is 11.4. The maximum atomic E-state index is 11.5. The topological polar surface area (TPSA) is 92.0 Å². The summed E-state index contributed by atoms with van der Waals surface area (Å²) < 4.78 is 0. The molecule has 0 saturated carbocycles. The largest absolute Gasteiger partial charge is 0.507 e. The Balaban J connectivity index is 0.00000312. The molecule has 1 heterocycles. The van der Waals surface area contributed by atoms with Crippen LogP contribution in [0.2, 0.25) is 0 Å². The number of aromatic nitrogens is 4. The predicted molar refractivity (Wildman–Crippen MR) is 191 cm³/mol. The Morgan fingerprint density at radius 1 is 0.396 bits per heavy atom. The minimum Gasteiger partial charge on any atom is -0.507 e. The van der Waals surface area contributed by atoms with Gasteiger partial charge in [0.2, 0.25) is 0 Å². The zero-order chi connectivity index (χ0) is 33.6. The minimum absolute atomic E-state index is 0. The van der Waals surface area contributed by atoms with Crippen molar-refractivity contribution in [3.8, 4) is 11.5 Å². The zero-order valence-corrected chi connectivity index (χ0v) is 31.4. The molecule has 0 saturated heterocycles. The molecule has 1 aromatic heterocycles. The summed E-state index contributed by atoms with van der Waals surface area (Å²) in [6.07, 6.45) is 6.76. The Kier molecular flexibility index (Phi) is 11.9. The first-order valence-corrected chi connectivity index (χ1v) is 15.6. The van der Waals surface area contributed by atoms with Crippen LogP contribution in [0.3, 0.4) is 0 Å². The van der Waals surface area contributed by atoms with Crippen molar-refractivity contribution in [1.82, 2.24) is 19.9 Å². The second-order valence-electron chi connectivity index (χ2n) is 14.4. The molecule has 0 unspecified atom stereocenters. The second-order valence-corrected chi connectivity index (χ2v) is 14.4. The molecular formula is C40H44Co2N4O2. The average Bonchev–Trinajstić information content (AvgIpc) is 2.96. The summed E-state index contributed by atoms with van der Waals surface area (Å²) in [6, 6.07) is 15.9. The standard InChI is InChI=1S/C40H44N4O2.2Co/c1-23-11-33-34(12-24(23)2)42-20-28-16-32(40(8,9)10)18-30(38(28)46)22-44-36-14-26(4)25(3)13-35(36)43-21-29-17-31(39(5,6)7)15-27(19-41-33)37(29)45;;/h11-22,45-46H,1-10H3;;. The van der Waals surface area contributed by atoms with Gasteiger partial charge in [0.25, 0.3) is 0 Å². The van der Waals surface area contributed by atoms with Gasteiger partial charge in [-0.2, -0.15) is 0 Å². The molecule has 0 aliphatic carbocycles. The number of rotatable bonds is 0. The van der Waals surface area contributed by atoms with Gasteiger partial charge in [0.05, 0.1) is 22.1 Å². The summed E-state index contributed by atoms with van der Waals surface area (Å²) in [5, 5.41) is 25.3. The van der Waals surface area contributed by atoms with Gasteiger partial charge < -0.3 is 10.2 Å². The average molecular weight is 731 g/mol. The Morgan fingerprint density at radius 3 is 0.792 bits per heavy atom. The van der Waals surface area contributed by atoms with Gasteiger partial charge in [-0.3, -0.25) is 19.9 Å². The van der Waals surface area contributed by atoms with E-state index in [1.165, 1.54) is 0 Å². The molecule has 5 rings (SSSR count). The van der Waals surface area contributed by atoms with Gasteiger partial charge in [-0.15, -0.1) is 0 Å². The molecule has 0 aliphatic rings. The molecule has 2 N–H and O–H groups in total. The van der Waals surface area contributed by atoms with Crippen molar-refractivity contribution in [2.75, 3.05) is 0 Å². The Bertz CT molecular complexity index is 1910. The van der Waals surface area contributed by atoms with E-state index < -0.39 is 0 Å². The summed E-state index contributed by atoms with van der Waals surface area (Å²) in [5.41, 5.74) is 8.67. The molecule has 6 nitrogen and oxygen atoms in total. The number of phenols is 2. The second kappa shape index (κ2) is 14.7. The Labute approximate surface area is 304 Å². The van der Waals surface area contributed by atoms with Gasteiger partial charge in [-0.1, -0.05) is 41.5 Å². The molecule has 254 valence electrons. The van der Waals surface area contributed by atoms with Crippen LogP contribution in [0, 0.1) is 27.7 Å². The molecule has 0 atom stereocenters. The van der Waals surface area contributed by atoms with Crippen molar-refractivity contribution in [1.29, 1.82) is 0 Å². The molecule has 0 fully saturated rings. The first-order valence-electron chi connectivity index (χ1n) is 15.6. The van der Waals surface area contributed by atoms with Crippen LogP contribution in [0.1, 0.15) is 74.9 Å². The number of benzene rings is 4. The van der Waals surface area contributed by atoms with Gasteiger partial charge >= 0.3 is 0 Å². The molecule has 4 aromatic carbocycles. The van der Waals surface area contributed by atoms with E-state index >= 15 is 0 Å². The number of hydrogen-bond acceptors (Lipinski definition) is 6. The van der Waals surface area contributed by atoms with Crippen LogP contribution in [0.4, 0.5) is 0 Å². The van der Waals surface area contributed by atoms with Crippen molar-refractivity contribution in [3.63, 3.8) is 0 Å². The summed E-state index contributed by atoms with van der Waals surface area (Å²) in [6.45, 7) is 21.0. The van der Waals surface area contributed by atoms with E-state index in [-0.39, 0.29) is 55.9 Å². The molecule has 0 amide bonds. The van der Waals surface area contributed by atoms with Gasteiger partial charge in [-0.05, 0) is 120 Å². The monoisotopic (exact) mass is 730 g/mol. The van der Waals surface area contributed by atoms with Gasteiger partial charge in [0.15, 0.2) is 0 Å². The predicted octanol–water partition coefficient (Wildman–Crippen LogP) is 9.93. The molecule has 8 heteroatoms. The van der Waals surface area contributed by atoms with Crippen LogP contribution < -0.4 is 0 Å². The van der Waals surface area contributed by atoms with Gasteiger partial charge in [-0.25, -0.2) is 0 Å². The Morgan fingerprint density at radius 2 is 0.604 bits per heavy atom. The Hall–Kier alpha value is -3.83. The summed E-state index contributed by atoms with van der Waals surface area (Å²) in [7, 11) is 0. The number of phenolic OH excluding ortho intramolecular Hbond substituents is 2. The van der Waals surface area contributed by atoms with Crippen LogP contribution in [0.5, 0.6) is 11.5 Å². The first kappa shape index (κ1) is 38.6. The maximum Gasteiger partial charge on any atom is 0.133 e. The quantitative estimate of drug-likeness (QED) is 0.165. The van der Waals surface area contributed by atoms with Crippen LogP contribution in [-0.4, -0.2) is 30.1 Å². The van der Waals surface area contributed by atoms with E-state index in [1.54, 1.807) is 24.8 Å². The summed E-state index contributed by atoms with van der Waals surface area (Å²) in [4.78, 5) is 19.4. The number of nitrogens with zero attached hydrogens (tertiary/aromatic N) is 4. The first-order chi connectivity index (χ1) is 21.5. The molecular weight excluding hydrogens is 686 g/mol. The zero-order valence-electron chi connectivity index (χ0n) is 29.3. The molecule has 48 heavy (non-hydrogen) atoms. The van der Waals surface area contributed by atoms with Crippen molar-refractivity contribution in [3.05, 3.63) is 107 Å². The van der Waals surface area contributed by atoms with E-state index in [1.807, 2.05) is 76.2 Å². The number of hydrogen-bond donors (Lipinski definition) is 2. The van der Waals surface area contributed by atoms with E-state index in [0.717, 1.165) is 33.4 Å². The van der Waals surface area contributed by atoms with Crippen LogP contribution in [-0.2, 0) is 44.4 Å². The third-order valence-corrected chi connectivity index (χ3v) is 8.62. The minimum atomic E-state index is -0.178. The molecule has 0 aliphatic heterocycles. The fraction of sp³-hybridized carbons (Fsp3) is 0.300. The molecule has 2 radical (unpaired) electrons. The van der Waals surface area contributed by atoms with E-state index in [9.17, 15) is 10.2 Å². The fourth-order valence-corrected chi connectivity index (χ4v) is 5.16. The van der Waals surface area contributed by atoms with Crippen molar-refractivity contribution in [2.24, 2.45) is 0 Å². The van der Waals surface area contributed by atoms with E-state index in [2.05, 4.69) is 41.5 Å². The van der Waals surface area contributed by atoms with E-state index in [0.29, 0.717) is 43.6 Å². The van der Waals surface area contributed by atoms with Crippen LogP contribution in [0.25, 0.3) is 43.6 Å². The summed E-state index contributed by atoms with van der Waals surface area (Å²) >= 11 is 0. The maximum absolute atomic E-state index is 11.5. The van der Waals surface area contributed by atoms with Crippen molar-refractivity contribution >= 4 is 43.6 Å². The molecule has 4 bridgehead atoms. The number of aromatic hydroxyl groups is 2. The van der Waals surface area contributed by atoms with Gasteiger partial charge in [0, 0.05) is 79.9 Å².